The maximum Gasteiger partial charge on any atom is 0.343 e. The van der Waals surface area contributed by atoms with Crippen molar-refractivity contribution in [1.29, 1.82) is 0 Å². The topological polar surface area (TPSA) is 98.4 Å². The Balaban J connectivity index is 1.70. The highest BCUT2D eigenvalue weighted by Gasteiger charge is 2.29. The van der Waals surface area contributed by atoms with E-state index >= 15 is 0 Å². The molecule has 0 bridgehead atoms. The largest absolute Gasteiger partial charge is 0.462 e. The van der Waals surface area contributed by atoms with Crippen molar-refractivity contribution in [2.24, 2.45) is 0 Å². The smallest absolute Gasteiger partial charge is 0.343 e. The first-order valence-electron chi connectivity index (χ1n) is 8.36. The molecule has 1 amide bonds. The molecule has 7 nitrogen and oxygen atoms in total. The van der Waals surface area contributed by atoms with Crippen molar-refractivity contribution < 1.29 is 14.3 Å². The van der Waals surface area contributed by atoms with Crippen LogP contribution in [-0.2, 0) is 16.0 Å². The monoisotopic (exact) mass is 372 g/mol. The molecule has 2 aromatic rings. The van der Waals surface area contributed by atoms with Crippen LogP contribution in [0.15, 0.2) is 35.6 Å². The zero-order chi connectivity index (χ0) is 18.7. The number of hydrogen-bond acceptors (Lipinski definition) is 7. The molecule has 26 heavy (non-hydrogen) atoms. The fourth-order valence-electron chi connectivity index (χ4n) is 2.80. The van der Waals surface area contributed by atoms with Crippen molar-refractivity contribution in [3.8, 4) is 0 Å². The van der Waals surface area contributed by atoms with Gasteiger partial charge in [-0.2, -0.15) is 0 Å². The second-order valence-corrected chi connectivity index (χ2v) is 7.11. The molecule has 2 heterocycles. The van der Waals surface area contributed by atoms with E-state index in [4.69, 9.17) is 10.5 Å². The predicted molar refractivity (Wildman–Crippen MR) is 100 cm³/mol. The summed E-state index contributed by atoms with van der Waals surface area (Å²) in [5.74, 6) is -0.511. The molecule has 2 N–H and O–H groups in total. The van der Waals surface area contributed by atoms with E-state index in [1.54, 1.807) is 11.8 Å². The number of benzene rings is 1. The highest BCUT2D eigenvalue weighted by atomic mass is 32.2. The molecule has 0 fully saturated rings. The molecule has 1 aliphatic heterocycles. The van der Waals surface area contributed by atoms with E-state index in [0.717, 1.165) is 12.1 Å². The van der Waals surface area contributed by atoms with Crippen LogP contribution >= 0.6 is 11.8 Å². The van der Waals surface area contributed by atoms with Gasteiger partial charge in [-0.05, 0) is 31.9 Å². The maximum absolute atomic E-state index is 12.8. The summed E-state index contributed by atoms with van der Waals surface area (Å²) in [7, 11) is 0. The molecule has 1 aromatic carbocycles. The minimum absolute atomic E-state index is 0.00316. The van der Waals surface area contributed by atoms with Crippen molar-refractivity contribution >= 4 is 35.1 Å². The number of fused-ring (bicyclic) bond motifs is 1. The number of nitrogens with two attached hydrogens (primary N) is 1. The normalized spacial score (nSPS) is 14.0. The van der Waals surface area contributed by atoms with Crippen LogP contribution in [0, 0.1) is 0 Å². The van der Waals surface area contributed by atoms with E-state index in [0.29, 0.717) is 11.7 Å². The van der Waals surface area contributed by atoms with Gasteiger partial charge in [-0.25, -0.2) is 14.8 Å². The minimum Gasteiger partial charge on any atom is -0.462 e. The van der Waals surface area contributed by atoms with Crippen LogP contribution in [0.2, 0.25) is 0 Å². The SMILES string of the molecule is CCOC(=O)c1cnc(S[C@H](C)C(=O)N2CCc3ccccc32)nc1N. The third-order valence-corrected chi connectivity index (χ3v) is 5.04. The Kier molecular flexibility index (Phi) is 5.41. The summed E-state index contributed by atoms with van der Waals surface area (Å²) in [6.07, 6.45) is 2.20. The average molecular weight is 372 g/mol. The second-order valence-electron chi connectivity index (χ2n) is 5.80. The molecule has 0 unspecified atom stereocenters. The second kappa shape index (κ2) is 7.74. The van der Waals surface area contributed by atoms with E-state index < -0.39 is 5.97 Å². The third-order valence-electron chi connectivity index (χ3n) is 4.07. The quantitative estimate of drug-likeness (QED) is 0.488. The number of anilines is 2. The van der Waals surface area contributed by atoms with Crippen molar-refractivity contribution in [2.45, 2.75) is 30.7 Å². The molecule has 0 spiro atoms. The van der Waals surface area contributed by atoms with Crippen LogP contribution in [-0.4, -0.2) is 40.2 Å². The van der Waals surface area contributed by atoms with Crippen LogP contribution in [0.3, 0.4) is 0 Å². The first-order valence-corrected chi connectivity index (χ1v) is 9.24. The molecule has 0 saturated heterocycles. The molecule has 3 rings (SSSR count). The summed E-state index contributed by atoms with van der Waals surface area (Å²) in [5, 5.41) is -0.0297. The molecule has 1 aromatic heterocycles. The Hall–Kier alpha value is -2.61. The number of rotatable bonds is 5. The van der Waals surface area contributed by atoms with Gasteiger partial charge in [-0.3, -0.25) is 4.79 Å². The number of thioether (sulfide) groups is 1. The number of esters is 1. The molecular formula is C18H20N4O3S. The summed E-state index contributed by atoms with van der Waals surface area (Å²) >= 11 is 1.22. The summed E-state index contributed by atoms with van der Waals surface area (Å²) in [5.41, 5.74) is 8.10. The van der Waals surface area contributed by atoms with E-state index in [9.17, 15) is 9.59 Å². The number of para-hydroxylation sites is 1. The van der Waals surface area contributed by atoms with Gasteiger partial charge in [0.15, 0.2) is 5.16 Å². The van der Waals surface area contributed by atoms with Gasteiger partial charge in [-0.1, -0.05) is 30.0 Å². The van der Waals surface area contributed by atoms with Gasteiger partial charge in [0.05, 0.1) is 11.9 Å². The molecule has 8 heteroatoms. The van der Waals surface area contributed by atoms with Gasteiger partial charge in [0.25, 0.3) is 0 Å². The zero-order valence-electron chi connectivity index (χ0n) is 14.6. The summed E-state index contributed by atoms with van der Waals surface area (Å²) in [4.78, 5) is 34.6. The number of carbonyl (C=O) groups excluding carboxylic acids is 2. The van der Waals surface area contributed by atoms with Gasteiger partial charge in [0.2, 0.25) is 5.91 Å². The Morgan fingerprint density at radius 1 is 1.38 bits per heavy atom. The van der Waals surface area contributed by atoms with Gasteiger partial charge >= 0.3 is 5.97 Å². The predicted octanol–water partition coefficient (Wildman–Crippen LogP) is 2.31. The molecule has 0 saturated carbocycles. The van der Waals surface area contributed by atoms with Crippen LogP contribution in [0.25, 0.3) is 0 Å². The number of carbonyl (C=O) groups is 2. The van der Waals surface area contributed by atoms with Crippen molar-refractivity contribution in [1.82, 2.24) is 9.97 Å². The van der Waals surface area contributed by atoms with Crippen molar-refractivity contribution in [3.05, 3.63) is 41.6 Å². The van der Waals surface area contributed by atoms with Crippen LogP contribution in [0.4, 0.5) is 11.5 Å². The van der Waals surface area contributed by atoms with Crippen LogP contribution < -0.4 is 10.6 Å². The third kappa shape index (κ3) is 3.65. The fourth-order valence-corrected chi connectivity index (χ4v) is 3.60. The minimum atomic E-state index is -0.556. The molecule has 1 atom stereocenters. The number of amides is 1. The molecular weight excluding hydrogens is 352 g/mol. The Morgan fingerprint density at radius 3 is 2.88 bits per heavy atom. The van der Waals surface area contributed by atoms with Gasteiger partial charge in [-0.15, -0.1) is 0 Å². The lowest BCUT2D eigenvalue weighted by Crippen LogP contribution is -2.35. The first kappa shape index (κ1) is 18.2. The molecule has 0 radical (unpaired) electrons. The summed E-state index contributed by atoms with van der Waals surface area (Å²) in [6.45, 7) is 4.45. The number of nitrogen functional groups attached to an aromatic ring is 1. The zero-order valence-corrected chi connectivity index (χ0v) is 15.5. The van der Waals surface area contributed by atoms with E-state index in [1.807, 2.05) is 31.2 Å². The number of nitrogens with zero attached hydrogens (tertiary/aromatic N) is 3. The highest BCUT2D eigenvalue weighted by molar-refractivity contribution is 8.00. The lowest BCUT2D eigenvalue weighted by Gasteiger charge is -2.21. The highest BCUT2D eigenvalue weighted by Crippen LogP contribution is 2.31. The number of aromatic nitrogens is 2. The maximum atomic E-state index is 12.8. The van der Waals surface area contributed by atoms with Gasteiger partial charge in [0.1, 0.15) is 11.4 Å². The number of hydrogen-bond donors (Lipinski definition) is 1. The lowest BCUT2D eigenvalue weighted by molar-refractivity contribution is -0.117. The van der Waals surface area contributed by atoms with Crippen LogP contribution in [0.1, 0.15) is 29.8 Å². The van der Waals surface area contributed by atoms with E-state index in [-0.39, 0.29) is 29.1 Å². The number of ether oxygens (including phenoxy) is 1. The van der Waals surface area contributed by atoms with E-state index in [1.165, 1.54) is 23.5 Å². The Morgan fingerprint density at radius 2 is 2.15 bits per heavy atom. The Bertz CT molecular complexity index is 843. The van der Waals surface area contributed by atoms with Gasteiger partial charge in [0, 0.05) is 18.4 Å². The first-order chi connectivity index (χ1) is 12.5. The summed E-state index contributed by atoms with van der Waals surface area (Å²) in [6, 6.07) is 7.91. The molecule has 1 aliphatic rings. The Labute approximate surface area is 156 Å². The fraction of sp³-hybridized carbons (Fsp3) is 0.333. The van der Waals surface area contributed by atoms with Crippen molar-refractivity contribution in [2.75, 3.05) is 23.8 Å². The van der Waals surface area contributed by atoms with E-state index in [2.05, 4.69) is 9.97 Å². The lowest BCUT2D eigenvalue weighted by atomic mass is 10.2. The van der Waals surface area contributed by atoms with Crippen LogP contribution in [0.5, 0.6) is 0 Å². The van der Waals surface area contributed by atoms with Crippen molar-refractivity contribution in [3.63, 3.8) is 0 Å². The summed E-state index contributed by atoms with van der Waals surface area (Å²) < 4.78 is 4.90. The van der Waals surface area contributed by atoms with Gasteiger partial charge < -0.3 is 15.4 Å². The average Bonchev–Trinajstić information content (AvgIpc) is 3.05. The molecule has 136 valence electrons. The standard InChI is InChI=1S/C18H20N4O3S/c1-3-25-17(24)13-10-20-18(21-15(13)19)26-11(2)16(23)22-9-8-12-6-4-5-7-14(12)22/h4-7,10-11H,3,8-9H2,1-2H3,(H2,19,20,21)/t11-/m1/s1. The molecule has 0 aliphatic carbocycles.